The standard InChI is InChI=1S/C22H29N3O/c1-15-14-16(2)25(24-15)13-7-12-20(26)23-22-19-11-6-10-18(19)21(22)17-8-4-3-5-9-17/h3-5,8-9,14,18-19,21-22H,6-7,10-13H2,1-2H3,(H,23,26)/t18-,19-,21-,22-/m1/s1. The molecule has 0 unspecified atom stereocenters. The summed E-state index contributed by atoms with van der Waals surface area (Å²) in [5.41, 5.74) is 3.60. The fourth-order valence-corrected chi connectivity index (χ4v) is 5.17. The lowest BCUT2D eigenvalue weighted by atomic mass is 9.60. The summed E-state index contributed by atoms with van der Waals surface area (Å²) in [7, 11) is 0. The molecule has 1 amide bonds. The van der Waals surface area contributed by atoms with E-state index < -0.39 is 0 Å². The van der Waals surface area contributed by atoms with Gasteiger partial charge in [0.15, 0.2) is 0 Å². The second-order valence-corrected chi connectivity index (χ2v) is 8.04. The van der Waals surface area contributed by atoms with E-state index in [0.29, 0.717) is 24.3 Å². The molecule has 0 radical (unpaired) electrons. The van der Waals surface area contributed by atoms with Crippen LogP contribution in [0.2, 0.25) is 0 Å². The van der Waals surface area contributed by atoms with Crippen molar-refractivity contribution in [2.24, 2.45) is 11.8 Å². The van der Waals surface area contributed by atoms with Crippen LogP contribution in [0.4, 0.5) is 0 Å². The molecule has 1 heterocycles. The van der Waals surface area contributed by atoms with E-state index in [-0.39, 0.29) is 5.91 Å². The monoisotopic (exact) mass is 351 g/mol. The van der Waals surface area contributed by atoms with Gasteiger partial charge in [-0.1, -0.05) is 36.8 Å². The molecule has 138 valence electrons. The highest BCUT2D eigenvalue weighted by Gasteiger charge is 2.53. The van der Waals surface area contributed by atoms with Crippen LogP contribution in [0.1, 0.15) is 55.0 Å². The molecule has 2 aromatic rings. The SMILES string of the molecule is Cc1cc(C)n(CCCC(=O)N[C@@H]2[C@@H]3CCC[C@H]3[C@H]2c2ccccc2)n1. The number of nitrogens with zero attached hydrogens (tertiary/aromatic N) is 2. The molecule has 2 aliphatic rings. The third kappa shape index (κ3) is 3.29. The molecular weight excluding hydrogens is 322 g/mol. The van der Waals surface area contributed by atoms with Crippen LogP contribution in [0.3, 0.4) is 0 Å². The van der Waals surface area contributed by atoms with Crippen molar-refractivity contribution in [1.29, 1.82) is 0 Å². The number of carbonyl (C=O) groups excluding carboxylic acids is 1. The molecule has 4 rings (SSSR count). The van der Waals surface area contributed by atoms with Crippen LogP contribution in [-0.2, 0) is 11.3 Å². The van der Waals surface area contributed by atoms with Gasteiger partial charge in [0.25, 0.3) is 0 Å². The highest BCUT2D eigenvalue weighted by Crippen LogP contribution is 2.55. The minimum absolute atomic E-state index is 0.197. The summed E-state index contributed by atoms with van der Waals surface area (Å²) in [5.74, 6) is 2.14. The molecule has 1 aromatic carbocycles. The molecule has 1 aromatic heterocycles. The molecule has 2 saturated carbocycles. The maximum absolute atomic E-state index is 12.6. The van der Waals surface area contributed by atoms with Crippen molar-refractivity contribution in [3.8, 4) is 0 Å². The third-order valence-electron chi connectivity index (χ3n) is 6.32. The van der Waals surface area contributed by atoms with Gasteiger partial charge in [-0.15, -0.1) is 0 Å². The summed E-state index contributed by atoms with van der Waals surface area (Å²) in [6, 6.07) is 13.2. The van der Waals surface area contributed by atoms with Crippen LogP contribution in [0.25, 0.3) is 0 Å². The minimum atomic E-state index is 0.197. The Labute approximate surface area is 156 Å². The van der Waals surface area contributed by atoms with E-state index in [1.807, 2.05) is 11.6 Å². The molecule has 1 N–H and O–H groups in total. The maximum atomic E-state index is 12.6. The van der Waals surface area contributed by atoms with Crippen LogP contribution >= 0.6 is 0 Å². The van der Waals surface area contributed by atoms with Crippen molar-refractivity contribution in [2.45, 2.75) is 64.5 Å². The highest BCUT2D eigenvalue weighted by atomic mass is 16.1. The first kappa shape index (κ1) is 17.3. The van der Waals surface area contributed by atoms with Gasteiger partial charge in [-0.25, -0.2) is 0 Å². The molecule has 4 atom stereocenters. The van der Waals surface area contributed by atoms with Gasteiger partial charge in [0.2, 0.25) is 5.91 Å². The zero-order chi connectivity index (χ0) is 18.1. The predicted octanol–water partition coefficient (Wildman–Crippen LogP) is 3.98. The van der Waals surface area contributed by atoms with Crippen LogP contribution in [-0.4, -0.2) is 21.7 Å². The Morgan fingerprint density at radius 2 is 1.96 bits per heavy atom. The Balaban J connectivity index is 1.33. The second kappa shape index (κ2) is 7.26. The molecule has 0 bridgehead atoms. The summed E-state index contributed by atoms with van der Waals surface area (Å²) in [5, 5.41) is 7.85. The number of nitrogens with one attached hydrogen (secondary N) is 1. The van der Waals surface area contributed by atoms with E-state index in [0.717, 1.165) is 24.6 Å². The third-order valence-corrected chi connectivity index (χ3v) is 6.32. The van der Waals surface area contributed by atoms with Gasteiger partial charge in [0, 0.05) is 30.6 Å². The Morgan fingerprint density at radius 1 is 1.19 bits per heavy atom. The highest BCUT2D eigenvalue weighted by molar-refractivity contribution is 5.76. The van der Waals surface area contributed by atoms with Crippen LogP contribution in [0.5, 0.6) is 0 Å². The van der Waals surface area contributed by atoms with Crippen LogP contribution in [0, 0.1) is 25.7 Å². The summed E-state index contributed by atoms with van der Waals surface area (Å²) in [6.07, 6.45) is 5.31. The van der Waals surface area contributed by atoms with Gasteiger partial charge < -0.3 is 5.32 Å². The molecule has 0 aliphatic heterocycles. The number of benzene rings is 1. The summed E-state index contributed by atoms with van der Waals surface area (Å²) < 4.78 is 2.01. The Kier molecular flexibility index (Phi) is 4.84. The number of hydrogen-bond acceptors (Lipinski definition) is 2. The lowest BCUT2D eigenvalue weighted by Crippen LogP contribution is -2.56. The summed E-state index contributed by atoms with van der Waals surface area (Å²) in [6.45, 7) is 4.89. The lowest BCUT2D eigenvalue weighted by Gasteiger charge is -2.49. The van der Waals surface area contributed by atoms with Crippen molar-refractivity contribution in [1.82, 2.24) is 15.1 Å². The van der Waals surface area contributed by atoms with Crippen molar-refractivity contribution in [3.63, 3.8) is 0 Å². The number of rotatable bonds is 6. The van der Waals surface area contributed by atoms with Crippen molar-refractivity contribution < 1.29 is 4.79 Å². The van der Waals surface area contributed by atoms with Gasteiger partial charge in [0.05, 0.1) is 5.69 Å². The fourth-order valence-electron chi connectivity index (χ4n) is 5.17. The van der Waals surface area contributed by atoms with E-state index in [4.69, 9.17) is 0 Å². The molecule has 26 heavy (non-hydrogen) atoms. The topological polar surface area (TPSA) is 46.9 Å². The average molecular weight is 351 g/mol. The summed E-state index contributed by atoms with van der Waals surface area (Å²) in [4.78, 5) is 12.6. The predicted molar refractivity (Wildman–Crippen MR) is 103 cm³/mol. The quantitative estimate of drug-likeness (QED) is 0.856. The van der Waals surface area contributed by atoms with Crippen LogP contribution < -0.4 is 5.32 Å². The van der Waals surface area contributed by atoms with Gasteiger partial charge in [-0.3, -0.25) is 9.48 Å². The number of fused-ring (bicyclic) bond motifs is 1. The fraction of sp³-hybridized carbons (Fsp3) is 0.545. The number of hydrogen-bond donors (Lipinski definition) is 1. The maximum Gasteiger partial charge on any atom is 0.220 e. The molecule has 0 saturated heterocycles. The zero-order valence-corrected chi connectivity index (χ0v) is 15.8. The Bertz CT molecular complexity index is 767. The molecule has 2 aliphatic carbocycles. The molecule has 4 nitrogen and oxygen atoms in total. The second-order valence-electron chi connectivity index (χ2n) is 8.04. The van der Waals surface area contributed by atoms with E-state index in [2.05, 4.69) is 53.7 Å². The van der Waals surface area contributed by atoms with E-state index >= 15 is 0 Å². The number of aryl methyl sites for hydroxylation is 3. The number of amides is 1. The van der Waals surface area contributed by atoms with Crippen LogP contribution in [0.15, 0.2) is 36.4 Å². The van der Waals surface area contributed by atoms with Gasteiger partial charge >= 0.3 is 0 Å². The smallest absolute Gasteiger partial charge is 0.220 e. The average Bonchev–Trinajstić information content (AvgIpc) is 3.17. The van der Waals surface area contributed by atoms with Gasteiger partial charge in [-0.05, 0) is 56.6 Å². The van der Waals surface area contributed by atoms with E-state index in [9.17, 15) is 4.79 Å². The van der Waals surface area contributed by atoms with Crippen molar-refractivity contribution in [2.75, 3.05) is 0 Å². The minimum Gasteiger partial charge on any atom is -0.352 e. The Morgan fingerprint density at radius 3 is 2.69 bits per heavy atom. The zero-order valence-electron chi connectivity index (χ0n) is 15.8. The largest absolute Gasteiger partial charge is 0.352 e. The van der Waals surface area contributed by atoms with Crippen molar-refractivity contribution in [3.05, 3.63) is 53.3 Å². The van der Waals surface area contributed by atoms with Gasteiger partial charge in [-0.2, -0.15) is 5.10 Å². The first-order valence-electron chi connectivity index (χ1n) is 9.99. The molecule has 0 spiro atoms. The lowest BCUT2D eigenvalue weighted by molar-refractivity contribution is -0.124. The van der Waals surface area contributed by atoms with Gasteiger partial charge in [0.1, 0.15) is 0 Å². The van der Waals surface area contributed by atoms with E-state index in [1.54, 1.807) is 0 Å². The van der Waals surface area contributed by atoms with E-state index in [1.165, 1.54) is 30.5 Å². The molecular formula is C22H29N3O. The first-order valence-corrected chi connectivity index (χ1v) is 9.99. The first-order chi connectivity index (χ1) is 12.6. The normalized spacial score (nSPS) is 27.0. The molecule has 4 heteroatoms. The Hall–Kier alpha value is -2.10. The summed E-state index contributed by atoms with van der Waals surface area (Å²) >= 11 is 0. The molecule has 2 fully saturated rings. The number of aromatic nitrogens is 2. The van der Waals surface area contributed by atoms with Crippen molar-refractivity contribution >= 4 is 5.91 Å². The number of carbonyl (C=O) groups is 1.